The Morgan fingerprint density at radius 2 is 2.06 bits per heavy atom. The highest BCUT2D eigenvalue weighted by atomic mass is 16.5. The van der Waals surface area contributed by atoms with Crippen molar-refractivity contribution in [2.75, 3.05) is 6.54 Å². The van der Waals surface area contributed by atoms with Gasteiger partial charge in [-0.2, -0.15) is 4.98 Å². The van der Waals surface area contributed by atoms with Gasteiger partial charge in [-0.15, -0.1) is 0 Å². The Morgan fingerprint density at radius 1 is 1.25 bits per heavy atom. The Hall–Kier alpha value is -1.68. The molecule has 0 atom stereocenters. The van der Waals surface area contributed by atoms with Gasteiger partial charge in [-0.25, -0.2) is 0 Å². The first-order chi connectivity index (χ1) is 7.88. The van der Waals surface area contributed by atoms with Crippen molar-refractivity contribution in [1.82, 2.24) is 10.1 Å². The molecule has 0 saturated heterocycles. The lowest BCUT2D eigenvalue weighted by molar-refractivity contribution is 0.390. The van der Waals surface area contributed by atoms with Crippen LogP contribution in [0.4, 0.5) is 0 Å². The molecular formula is C12H14N3O. The zero-order valence-electron chi connectivity index (χ0n) is 8.97. The normalized spacial score (nSPS) is 10.6. The maximum Gasteiger partial charge on any atom is 0.230 e. The summed E-state index contributed by atoms with van der Waals surface area (Å²) in [6.45, 7) is 0.594. The molecule has 0 bridgehead atoms. The number of hydrogen-bond acceptors (Lipinski definition) is 4. The first-order valence-corrected chi connectivity index (χ1v) is 5.28. The standard InChI is InChI=1S/C12H14N3O/c13-8-4-7-12-14-11(15-16-12)9-10-5-2-1-3-6-10/h1-3,5-7H,4,8-9,13H2. The van der Waals surface area contributed by atoms with Crippen LogP contribution in [0.2, 0.25) is 0 Å². The molecule has 1 heterocycles. The molecule has 0 fully saturated rings. The van der Waals surface area contributed by atoms with Crippen molar-refractivity contribution in [2.45, 2.75) is 12.8 Å². The van der Waals surface area contributed by atoms with Crippen molar-refractivity contribution in [3.8, 4) is 0 Å². The van der Waals surface area contributed by atoms with Crippen LogP contribution in [0.25, 0.3) is 0 Å². The molecule has 4 heteroatoms. The molecule has 0 amide bonds. The highest BCUT2D eigenvalue weighted by Crippen LogP contribution is 2.08. The topological polar surface area (TPSA) is 64.9 Å². The smallest absolute Gasteiger partial charge is 0.230 e. The summed E-state index contributed by atoms with van der Waals surface area (Å²) >= 11 is 0. The molecule has 0 saturated carbocycles. The van der Waals surface area contributed by atoms with Gasteiger partial charge in [-0.3, -0.25) is 0 Å². The van der Waals surface area contributed by atoms with Crippen LogP contribution in [-0.2, 0) is 6.42 Å². The first kappa shape index (κ1) is 10.8. The minimum atomic E-state index is 0.552. The summed E-state index contributed by atoms with van der Waals surface area (Å²) in [5, 5.41) is 3.91. The Kier molecular flexibility index (Phi) is 3.66. The minimum absolute atomic E-state index is 0.552. The molecule has 0 aliphatic heterocycles. The van der Waals surface area contributed by atoms with E-state index in [0.29, 0.717) is 24.7 Å². The fraction of sp³-hybridized carbons (Fsp3) is 0.250. The van der Waals surface area contributed by atoms with E-state index in [2.05, 4.69) is 10.1 Å². The summed E-state index contributed by atoms with van der Waals surface area (Å²) in [6.07, 6.45) is 3.30. The molecule has 0 aliphatic rings. The number of aromatic nitrogens is 2. The van der Waals surface area contributed by atoms with Crippen molar-refractivity contribution in [3.63, 3.8) is 0 Å². The van der Waals surface area contributed by atoms with Crippen molar-refractivity contribution < 1.29 is 4.52 Å². The second-order valence-corrected chi connectivity index (χ2v) is 3.49. The third-order valence-electron chi connectivity index (χ3n) is 2.17. The van der Waals surface area contributed by atoms with E-state index in [9.17, 15) is 0 Å². The molecule has 4 nitrogen and oxygen atoms in total. The van der Waals surface area contributed by atoms with Crippen LogP contribution >= 0.6 is 0 Å². The van der Waals surface area contributed by atoms with Crippen LogP contribution in [0, 0.1) is 6.42 Å². The molecule has 2 aromatic rings. The Bertz CT molecular complexity index is 425. The van der Waals surface area contributed by atoms with Crippen LogP contribution in [0.3, 0.4) is 0 Å². The monoisotopic (exact) mass is 216 g/mol. The van der Waals surface area contributed by atoms with Gasteiger partial charge in [0.25, 0.3) is 0 Å². The summed E-state index contributed by atoms with van der Waals surface area (Å²) in [4.78, 5) is 4.25. The molecule has 16 heavy (non-hydrogen) atoms. The largest absolute Gasteiger partial charge is 0.339 e. The molecule has 0 aliphatic carbocycles. The fourth-order valence-corrected chi connectivity index (χ4v) is 1.41. The molecule has 2 N–H and O–H groups in total. The Balaban J connectivity index is 1.97. The third-order valence-corrected chi connectivity index (χ3v) is 2.17. The molecule has 83 valence electrons. The van der Waals surface area contributed by atoms with E-state index in [4.69, 9.17) is 10.3 Å². The van der Waals surface area contributed by atoms with Gasteiger partial charge in [0, 0.05) is 6.42 Å². The predicted molar refractivity (Wildman–Crippen MR) is 60.6 cm³/mol. The SMILES string of the molecule is NCC[CH]c1nc(Cc2ccccc2)no1. The zero-order valence-corrected chi connectivity index (χ0v) is 8.97. The Morgan fingerprint density at radius 3 is 2.81 bits per heavy atom. The second kappa shape index (κ2) is 5.42. The Labute approximate surface area is 94.5 Å². The number of nitrogens with zero attached hydrogens (tertiary/aromatic N) is 2. The van der Waals surface area contributed by atoms with E-state index >= 15 is 0 Å². The van der Waals surface area contributed by atoms with Crippen molar-refractivity contribution >= 4 is 0 Å². The number of nitrogens with two attached hydrogens (primary N) is 1. The molecular weight excluding hydrogens is 202 g/mol. The van der Waals surface area contributed by atoms with E-state index in [1.165, 1.54) is 5.56 Å². The zero-order chi connectivity index (χ0) is 11.2. The van der Waals surface area contributed by atoms with E-state index in [1.54, 1.807) is 0 Å². The number of benzene rings is 1. The lowest BCUT2D eigenvalue weighted by Crippen LogP contribution is -1.99. The van der Waals surface area contributed by atoms with Gasteiger partial charge in [0.2, 0.25) is 5.89 Å². The summed E-state index contributed by atoms with van der Waals surface area (Å²) in [7, 11) is 0. The number of hydrogen-bond donors (Lipinski definition) is 1. The number of rotatable bonds is 5. The highest BCUT2D eigenvalue weighted by Gasteiger charge is 2.06. The van der Waals surface area contributed by atoms with Crippen LogP contribution in [0.5, 0.6) is 0 Å². The molecule has 1 aromatic carbocycles. The lowest BCUT2D eigenvalue weighted by atomic mass is 10.1. The van der Waals surface area contributed by atoms with Gasteiger partial charge >= 0.3 is 0 Å². The van der Waals surface area contributed by atoms with Crippen molar-refractivity contribution in [1.29, 1.82) is 0 Å². The van der Waals surface area contributed by atoms with Gasteiger partial charge in [0.1, 0.15) is 0 Å². The van der Waals surface area contributed by atoms with Crippen LogP contribution in [0.1, 0.15) is 23.7 Å². The minimum Gasteiger partial charge on any atom is -0.339 e. The maximum atomic E-state index is 5.39. The summed E-state index contributed by atoms with van der Waals surface area (Å²) in [5.74, 6) is 1.26. The maximum absolute atomic E-state index is 5.39. The van der Waals surface area contributed by atoms with E-state index < -0.39 is 0 Å². The molecule has 2 rings (SSSR count). The van der Waals surface area contributed by atoms with Gasteiger partial charge in [-0.1, -0.05) is 35.5 Å². The summed E-state index contributed by atoms with van der Waals surface area (Å²) < 4.78 is 5.07. The fourth-order valence-electron chi connectivity index (χ4n) is 1.41. The van der Waals surface area contributed by atoms with E-state index in [1.807, 2.05) is 36.8 Å². The van der Waals surface area contributed by atoms with E-state index in [-0.39, 0.29) is 0 Å². The third kappa shape index (κ3) is 2.90. The highest BCUT2D eigenvalue weighted by molar-refractivity contribution is 5.18. The average molecular weight is 216 g/mol. The van der Waals surface area contributed by atoms with E-state index in [0.717, 1.165) is 6.42 Å². The van der Waals surface area contributed by atoms with Gasteiger partial charge in [-0.05, 0) is 18.5 Å². The first-order valence-electron chi connectivity index (χ1n) is 5.28. The van der Waals surface area contributed by atoms with Crippen LogP contribution < -0.4 is 5.73 Å². The molecule has 1 aromatic heterocycles. The molecule has 0 spiro atoms. The average Bonchev–Trinajstić information content (AvgIpc) is 2.75. The van der Waals surface area contributed by atoms with Gasteiger partial charge in [0.05, 0.1) is 6.42 Å². The van der Waals surface area contributed by atoms with Gasteiger partial charge in [0.15, 0.2) is 5.82 Å². The van der Waals surface area contributed by atoms with Crippen LogP contribution in [-0.4, -0.2) is 16.7 Å². The van der Waals surface area contributed by atoms with Crippen LogP contribution in [0.15, 0.2) is 34.9 Å². The second-order valence-electron chi connectivity index (χ2n) is 3.49. The molecule has 1 radical (unpaired) electrons. The van der Waals surface area contributed by atoms with Crippen molar-refractivity contribution in [3.05, 3.63) is 54.0 Å². The quantitative estimate of drug-likeness (QED) is 0.823. The summed E-state index contributed by atoms with van der Waals surface area (Å²) in [6, 6.07) is 10.1. The predicted octanol–water partition coefficient (Wildman–Crippen LogP) is 1.56. The molecule has 0 unspecified atom stereocenters. The van der Waals surface area contributed by atoms with Gasteiger partial charge < -0.3 is 10.3 Å². The lowest BCUT2D eigenvalue weighted by Gasteiger charge is -1.94. The van der Waals surface area contributed by atoms with Crippen molar-refractivity contribution in [2.24, 2.45) is 5.73 Å². The summed E-state index contributed by atoms with van der Waals surface area (Å²) in [5.41, 5.74) is 6.56.